The SMILES string of the molecule is O=C(Nc1cccc2c1C[C@H](O)C2)N[C@@H]1CC(CF)(CF)Oc2c(F)cc(F)cc21. The number of hydrogen-bond acceptors (Lipinski definition) is 3. The molecule has 2 aromatic carbocycles. The number of benzene rings is 2. The van der Waals surface area contributed by atoms with Crippen LogP contribution in [0.25, 0.3) is 0 Å². The van der Waals surface area contributed by atoms with Crippen molar-refractivity contribution in [3.8, 4) is 5.75 Å². The molecule has 0 aromatic heterocycles. The number of fused-ring (bicyclic) bond motifs is 2. The van der Waals surface area contributed by atoms with Gasteiger partial charge in [0.1, 0.15) is 19.2 Å². The first kappa shape index (κ1) is 20.5. The maximum absolute atomic E-state index is 14.2. The number of carbonyl (C=O) groups is 1. The van der Waals surface area contributed by atoms with Crippen LogP contribution < -0.4 is 15.4 Å². The van der Waals surface area contributed by atoms with Gasteiger partial charge in [0.15, 0.2) is 17.2 Å². The Morgan fingerprint density at radius 1 is 1.20 bits per heavy atom. The predicted octanol–water partition coefficient (Wildman–Crippen LogP) is 3.75. The van der Waals surface area contributed by atoms with Crippen LogP contribution in [-0.4, -0.2) is 36.2 Å². The molecule has 0 fully saturated rings. The molecule has 0 saturated carbocycles. The van der Waals surface area contributed by atoms with Crippen molar-refractivity contribution in [3.63, 3.8) is 0 Å². The Morgan fingerprint density at radius 2 is 1.97 bits per heavy atom. The highest BCUT2D eigenvalue weighted by Crippen LogP contribution is 2.42. The first-order valence-electron chi connectivity index (χ1n) is 9.50. The van der Waals surface area contributed by atoms with Crippen molar-refractivity contribution in [1.29, 1.82) is 0 Å². The zero-order valence-corrected chi connectivity index (χ0v) is 15.9. The Balaban J connectivity index is 1.60. The molecule has 0 unspecified atom stereocenters. The summed E-state index contributed by atoms with van der Waals surface area (Å²) in [5.74, 6) is -2.48. The summed E-state index contributed by atoms with van der Waals surface area (Å²) in [6.45, 7) is -2.49. The molecule has 2 atom stereocenters. The molecular weight excluding hydrogens is 404 g/mol. The summed E-state index contributed by atoms with van der Waals surface area (Å²) in [5.41, 5.74) is 0.193. The van der Waals surface area contributed by atoms with Gasteiger partial charge in [-0.15, -0.1) is 0 Å². The van der Waals surface area contributed by atoms with Crippen molar-refractivity contribution >= 4 is 11.7 Å². The first-order chi connectivity index (χ1) is 14.3. The van der Waals surface area contributed by atoms with Gasteiger partial charge in [0.25, 0.3) is 0 Å². The van der Waals surface area contributed by atoms with Crippen LogP contribution in [0, 0.1) is 11.6 Å². The van der Waals surface area contributed by atoms with Crippen molar-refractivity contribution in [1.82, 2.24) is 5.32 Å². The minimum atomic E-state index is -1.97. The van der Waals surface area contributed by atoms with Gasteiger partial charge < -0.3 is 20.5 Å². The lowest BCUT2D eigenvalue weighted by molar-refractivity contribution is -0.0139. The highest BCUT2D eigenvalue weighted by Gasteiger charge is 2.44. The molecule has 5 nitrogen and oxygen atoms in total. The van der Waals surface area contributed by atoms with Gasteiger partial charge in [-0.3, -0.25) is 0 Å². The van der Waals surface area contributed by atoms with E-state index in [4.69, 9.17) is 4.74 Å². The van der Waals surface area contributed by atoms with Gasteiger partial charge in [0.2, 0.25) is 0 Å². The number of nitrogens with one attached hydrogen (secondary N) is 2. The molecule has 0 spiro atoms. The molecule has 2 aromatic rings. The fraction of sp³-hybridized carbons (Fsp3) is 0.381. The molecule has 30 heavy (non-hydrogen) atoms. The number of aliphatic hydroxyl groups excluding tert-OH is 1. The second kappa shape index (κ2) is 7.79. The highest BCUT2D eigenvalue weighted by atomic mass is 19.1. The summed E-state index contributed by atoms with van der Waals surface area (Å²) >= 11 is 0. The van der Waals surface area contributed by atoms with Crippen molar-refractivity contribution in [3.05, 3.63) is 58.7 Å². The van der Waals surface area contributed by atoms with Crippen molar-refractivity contribution < 1.29 is 32.2 Å². The fourth-order valence-electron chi connectivity index (χ4n) is 4.08. The second-order valence-corrected chi connectivity index (χ2v) is 7.72. The van der Waals surface area contributed by atoms with E-state index >= 15 is 0 Å². The number of ether oxygens (including phenoxy) is 1. The molecule has 0 saturated heterocycles. The predicted molar refractivity (Wildman–Crippen MR) is 101 cm³/mol. The smallest absolute Gasteiger partial charge is 0.319 e. The minimum Gasteiger partial charge on any atom is -0.478 e. The Kier molecular flexibility index (Phi) is 5.31. The van der Waals surface area contributed by atoms with Gasteiger partial charge in [0.05, 0.1) is 12.1 Å². The van der Waals surface area contributed by atoms with E-state index in [1.54, 1.807) is 12.1 Å². The van der Waals surface area contributed by atoms with Crippen LogP contribution in [-0.2, 0) is 12.8 Å². The van der Waals surface area contributed by atoms with Gasteiger partial charge in [0, 0.05) is 30.2 Å². The Morgan fingerprint density at radius 3 is 2.70 bits per heavy atom. The van der Waals surface area contributed by atoms with Crippen LogP contribution in [0.2, 0.25) is 0 Å². The molecule has 0 bridgehead atoms. The molecule has 160 valence electrons. The number of hydrogen-bond donors (Lipinski definition) is 3. The lowest BCUT2D eigenvalue weighted by Gasteiger charge is -2.39. The molecule has 1 aliphatic carbocycles. The normalized spacial score (nSPS) is 21.4. The second-order valence-electron chi connectivity index (χ2n) is 7.72. The molecule has 1 aliphatic heterocycles. The molecular formula is C21H20F4N2O3. The van der Waals surface area contributed by atoms with E-state index < -0.39 is 54.5 Å². The maximum Gasteiger partial charge on any atom is 0.319 e. The zero-order valence-electron chi connectivity index (χ0n) is 15.9. The van der Waals surface area contributed by atoms with E-state index in [9.17, 15) is 27.5 Å². The van der Waals surface area contributed by atoms with Crippen LogP contribution in [0.4, 0.5) is 28.0 Å². The summed E-state index contributed by atoms with van der Waals surface area (Å²) < 4.78 is 60.3. The van der Waals surface area contributed by atoms with Crippen LogP contribution in [0.1, 0.15) is 29.2 Å². The molecule has 4 rings (SSSR count). The van der Waals surface area contributed by atoms with Gasteiger partial charge in [-0.05, 0) is 29.7 Å². The average molecular weight is 424 g/mol. The number of amides is 2. The molecule has 0 radical (unpaired) electrons. The Hall–Kier alpha value is -2.81. The number of carbonyl (C=O) groups excluding carboxylic acids is 1. The molecule has 2 aliphatic rings. The third kappa shape index (κ3) is 3.69. The lowest BCUT2D eigenvalue weighted by Crippen LogP contribution is -2.49. The Bertz CT molecular complexity index is 981. The monoisotopic (exact) mass is 424 g/mol. The Labute approximate surface area is 170 Å². The summed E-state index contributed by atoms with van der Waals surface area (Å²) in [7, 11) is 0. The zero-order chi connectivity index (χ0) is 21.5. The minimum absolute atomic E-state index is 0.0334. The number of alkyl halides is 2. The van der Waals surface area contributed by atoms with Gasteiger partial charge in [-0.2, -0.15) is 0 Å². The van der Waals surface area contributed by atoms with E-state index in [0.717, 1.165) is 17.2 Å². The van der Waals surface area contributed by atoms with E-state index in [-0.39, 0.29) is 12.0 Å². The number of urea groups is 1. The third-order valence-corrected chi connectivity index (χ3v) is 5.52. The van der Waals surface area contributed by atoms with Gasteiger partial charge in [-0.25, -0.2) is 22.4 Å². The van der Waals surface area contributed by atoms with Crippen LogP contribution in [0.5, 0.6) is 5.75 Å². The summed E-state index contributed by atoms with van der Waals surface area (Å²) in [5, 5.41) is 15.1. The lowest BCUT2D eigenvalue weighted by atomic mass is 9.88. The van der Waals surface area contributed by atoms with Crippen molar-refractivity contribution in [2.45, 2.75) is 37.0 Å². The van der Waals surface area contributed by atoms with E-state index in [1.165, 1.54) is 0 Å². The number of halogens is 4. The summed E-state index contributed by atoms with van der Waals surface area (Å²) in [4.78, 5) is 12.6. The average Bonchev–Trinajstić information content (AvgIpc) is 3.10. The first-order valence-corrected chi connectivity index (χ1v) is 9.50. The van der Waals surface area contributed by atoms with E-state index in [2.05, 4.69) is 10.6 Å². The maximum atomic E-state index is 14.2. The fourth-order valence-corrected chi connectivity index (χ4v) is 4.08. The molecule has 1 heterocycles. The summed E-state index contributed by atoms with van der Waals surface area (Å²) in [6.07, 6.45) is -0.00755. The van der Waals surface area contributed by atoms with Crippen molar-refractivity contribution in [2.75, 3.05) is 18.7 Å². The molecule has 9 heteroatoms. The summed E-state index contributed by atoms with van der Waals surface area (Å²) in [6, 6.07) is 5.00. The van der Waals surface area contributed by atoms with E-state index in [0.29, 0.717) is 24.6 Å². The number of rotatable bonds is 4. The molecule has 3 N–H and O–H groups in total. The standard InChI is InChI=1S/C21H20F4N2O3/c22-9-21(10-23)8-18(15-5-12(24)6-16(25)19(15)30-21)27-20(29)26-17-3-1-2-11-4-13(28)7-14(11)17/h1-3,5-6,13,18,28H,4,7-10H2,(H2,26,27,29)/t13-,18-/m1/s1. The van der Waals surface area contributed by atoms with E-state index in [1.807, 2.05) is 6.07 Å². The topological polar surface area (TPSA) is 70.6 Å². The number of aliphatic hydroxyl groups is 1. The quantitative estimate of drug-likeness (QED) is 0.655. The van der Waals surface area contributed by atoms with Crippen molar-refractivity contribution in [2.24, 2.45) is 0 Å². The largest absolute Gasteiger partial charge is 0.478 e. The van der Waals surface area contributed by atoms with Crippen LogP contribution in [0.3, 0.4) is 0 Å². The molecule has 2 amide bonds. The number of anilines is 1. The highest BCUT2D eigenvalue weighted by molar-refractivity contribution is 5.90. The van der Waals surface area contributed by atoms with Crippen LogP contribution >= 0.6 is 0 Å². The van der Waals surface area contributed by atoms with Gasteiger partial charge in [-0.1, -0.05) is 12.1 Å². The van der Waals surface area contributed by atoms with Gasteiger partial charge >= 0.3 is 6.03 Å². The third-order valence-electron chi connectivity index (χ3n) is 5.52. The van der Waals surface area contributed by atoms with Crippen LogP contribution in [0.15, 0.2) is 30.3 Å².